The van der Waals surface area contributed by atoms with Crippen LogP contribution in [0.4, 0.5) is 0 Å². The molecule has 0 aliphatic carbocycles. The lowest BCUT2D eigenvalue weighted by Gasteiger charge is -2.46. The minimum atomic E-state index is 0.386. The molecule has 1 heterocycles. The molecule has 8 heavy (non-hydrogen) atoms. The summed E-state index contributed by atoms with van der Waals surface area (Å²) in [6.45, 7) is 4.54. The average molecular weight is 114 g/mol. The van der Waals surface area contributed by atoms with E-state index in [-0.39, 0.29) is 0 Å². The Morgan fingerprint density at radius 2 is 2.12 bits per heavy atom. The summed E-state index contributed by atoms with van der Waals surface area (Å²) in [5, 5.41) is 3.25. The predicted octanol–water partition coefficient (Wildman–Crippen LogP) is -1.35. The van der Waals surface area contributed by atoms with Crippen molar-refractivity contribution in [1.29, 1.82) is 0 Å². The molecule has 1 aliphatic rings. The van der Waals surface area contributed by atoms with E-state index >= 15 is 0 Å². The summed E-state index contributed by atoms with van der Waals surface area (Å²) in [6.07, 6.45) is 0. The van der Waals surface area contributed by atoms with Crippen molar-refractivity contribution in [3.8, 4) is 0 Å². The van der Waals surface area contributed by atoms with E-state index in [4.69, 9.17) is 0 Å². The van der Waals surface area contributed by atoms with Gasteiger partial charge in [0.25, 0.3) is 0 Å². The van der Waals surface area contributed by atoms with Crippen LogP contribution in [0.3, 0.4) is 0 Å². The molecule has 0 spiro atoms. The molecule has 0 aromatic rings. The van der Waals surface area contributed by atoms with Gasteiger partial charge in [-0.2, -0.15) is 7.05 Å². The fraction of sp³-hybridized carbons (Fsp3) is 0.833. The first-order chi connectivity index (χ1) is 3.66. The van der Waals surface area contributed by atoms with Gasteiger partial charge in [0.05, 0.1) is 13.1 Å². The third kappa shape index (κ3) is 0.858. The Bertz CT molecular complexity index is 84.5. The lowest BCUT2D eigenvalue weighted by Crippen LogP contribution is -3.20. The Hall–Kier alpha value is -0.0800. The first-order valence-corrected chi connectivity index (χ1v) is 3.02. The van der Waals surface area contributed by atoms with E-state index in [1.165, 1.54) is 4.90 Å². The topological polar surface area (TPSA) is 16.5 Å². The zero-order valence-corrected chi connectivity index (χ0v) is 5.62. The van der Waals surface area contributed by atoms with Crippen molar-refractivity contribution in [2.24, 2.45) is 0 Å². The Morgan fingerprint density at radius 1 is 1.62 bits per heavy atom. The summed E-state index contributed by atoms with van der Waals surface area (Å²) in [4.78, 5) is 1.38. The summed E-state index contributed by atoms with van der Waals surface area (Å²) >= 11 is 0. The first-order valence-electron chi connectivity index (χ1n) is 3.02. The second-order valence-electron chi connectivity index (χ2n) is 2.91. The second-order valence-corrected chi connectivity index (χ2v) is 2.91. The van der Waals surface area contributed by atoms with E-state index in [0.717, 1.165) is 13.1 Å². The van der Waals surface area contributed by atoms with Crippen LogP contribution in [-0.2, 0) is 0 Å². The average Bonchev–Trinajstić information content (AvgIpc) is 1.63. The molecule has 0 atom stereocenters. The van der Waals surface area contributed by atoms with E-state index in [1.807, 2.05) is 7.05 Å². The molecule has 0 amide bonds. The number of hydrogen-bond acceptors (Lipinski definition) is 1. The third-order valence-electron chi connectivity index (χ3n) is 1.88. The van der Waals surface area contributed by atoms with Crippen molar-refractivity contribution in [3.63, 3.8) is 0 Å². The number of likely N-dealkylation sites (N-methyl/N-ethyl adjacent to an activating group) is 1. The normalized spacial score (nSPS) is 46.1. The summed E-state index contributed by atoms with van der Waals surface area (Å²) in [7, 11) is 5.87. The van der Waals surface area contributed by atoms with Gasteiger partial charge in [-0.15, -0.1) is 0 Å². The van der Waals surface area contributed by atoms with Crippen molar-refractivity contribution in [1.82, 2.24) is 5.32 Å². The molecule has 2 N–H and O–H groups in total. The largest absolute Gasteiger partial charge is 0.464 e. The molecule has 1 saturated heterocycles. The highest BCUT2D eigenvalue weighted by Gasteiger charge is 2.36. The van der Waals surface area contributed by atoms with E-state index < -0.39 is 0 Å². The number of quaternary nitrogens is 1. The van der Waals surface area contributed by atoms with Crippen molar-refractivity contribution >= 4 is 0 Å². The lowest BCUT2D eigenvalue weighted by atomic mass is 9.94. The lowest BCUT2D eigenvalue weighted by molar-refractivity contribution is -0.908. The van der Waals surface area contributed by atoms with Gasteiger partial charge >= 0.3 is 0 Å². The van der Waals surface area contributed by atoms with Crippen molar-refractivity contribution in [2.45, 2.75) is 12.5 Å². The highest BCUT2D eigenvalue weighted by atomic mass is 15.2. The molecule has 1 aliphatic heterocycles. The maximum atomic E-state index is 3.86. The number of nitrogens with one attached hydrogen (secondary N) is 2. The van der Waals surface area contributed by atoms with Gasteiger partial charge < -0.3 is 10.2 Å². The first kappa shape index (κ1) is 6.05. The fourth-order valence-corrected chi connectivity index (χ4v) is 1.23. The smallest absolute Gasteiger partial charge is 0.110 e. The maximum absolute atomic E-state index is 3.86. The van der Waals surface area contributed by atoms with Gasteiger partial charge in [-0.25, -0.2) is 0 Å². The molecule has 0 radical (unpaired) electrons. The number of rotatable bonds is 1. The summed E-state index contributed by atoms with van der Waals surface area (Å²) in [5.74, 6) is 0. The van der Waals surface area contributed by atoms with Gasteiger partial charge in [0.15, 0.2) is 0 Å². The van der Waals surface area contributed by atoms with E-state index in [9.17, 15) is 0 Å². The van der Waals surface area contributed by atoms with Gasteiger partial charge in [-0.1, -0.05) is 0 Å². The second kappa shape index (κ2) is 1.71. The number of hydrogen-bond donors (Lipinski definition) is 2. The predicted molar refractivity (Wildman–Crippen MR) is 33.5 cm³/mol. The van der Waals surface area contributed by atoms with Gasteiger partial charge in [0, 0.05) is 0 Å². The molecule has 0 bridgehead atoms. The van der Waals surface area contributed by atoms with E-state index in [2.05, 4.69) is 19.3 Å². The van der Waals surface area contributed by atoms with Crippen LogP contribution in [0.2, 0.25) is 0 Å². The zero-order chi connectivity index (χ0) is 6.20. The molecule has 48 valence electrons. The fourth-order valence-electron chi connectivity index (χ4n) is 1.23. The quantitative estimate of drug-likeness (QED) is 0.403. The van der Waals surface area contributed by atoms with Crippen molar-refractivity contribution in [2.75, 3.05) is 20.1 Å². The Balaban J connectivity index is 2.30. The van der Waals surface area contributed by atoms with Crippen LogP contribution in [0, 0.1) is 7.05 Å². The maximum Gasteiger partial charge on any atom is 0.110 e. The van der Waals surface area contributed by atoms with E-state index in [0.29, 0.717) is 5.54 Å². The summed E-state index contributed by atoms with van der Waals surface area (Å²) in [5.41, 5.74) is 0.386. The van der Waals surface area contributed by atoms with Crippen LogP contribution in [-0.4, -0.2) is 25.7 Å². The van der Waals surface area contributed by atoms with Crippen LogP contribution >= 0.6 is 0 Å². The Labute approximate surface area is 50.9 Å². The molecule has 0 unspecified atom stereocenters. The number of likely N-dealkylation sites (tertiary alicyclic amines) is 1. The molecular formula is C6H14N2. The SMILES string of the molecule is [CH2-][NH+]1CC(C)(NC)C1. The van der Waals surface area contributed by atoms with Gasteiger partial charge in [-0.05, 0) is 14.0 Å². The van der Waals surface area contributed by atoms with Gasteiger partial charge in [-0.3, -0.25) is 0 Å². The van der Waals surface area contributed by atoms with Crippen LogP contribution in [0.25, 0.3) is 0 Å². The molecule has 0 aromatic heterocycles. The Kier molecular flexibility index (Phi) is 1.29. The van der Waals surface area contributed by atoms with E-state index in [1.54, 1.807) is 0 Å². The molecule has 0 aromatic carbocycles. The molecule has 1 rings (SSSR count). The summed E-state index contributed by atoms with van der Waals surface area (Å²) in [6, 6.07) is 0. The molecule has 0 saturated carbocycles. The van der Waals surface area contributed by atoms with Crippen molar-refractivity contribution < 1.29 is 4.90 Å². The highest BCUT2D eigenvalue weighted by Crippen LogP contribution is 2.01. The van der Waals surface area contributed by atoms with Gasteiger partial charge in [0.2, 0.25) is 0 Å². The zero-order valence-electron chi connectivity index (χ0n) is 5.62. The Morgan fingerprint density at radius 3 is 2.25 bits per heavy atom. The molecule has 2 nitrogen and oxygen atoms in total. The minimum Gasteiger partial charge on any atom is -0.464 e. The molecular weight excluding hydrogens is 100 g/mol. The van der Waals surface area contributed by atoms with Crippen molar-refractivity contribution in [3.05, 3.63) is 7.05 Å². The minimum absolute atomic E-state index is 0.386. The molecule has 2 heteroatoms. The third-order valence-corrected chi connectivity index (χ3v) is 1.88. The standard InChI is InChI=1S/C6H14N2/c1-6(7-2)4-8(3)5-6/h7-8H,3-5H2,1-2H3. The van der Waals surface area contributed by atoms with Crippen LogP contribution in [0.1, 0.15) is 6.92 Å². The van der Waals surface area contributed by atoms with Crippen LogP contribution < -0.4 is 10.2 Å². The van der Waals surface area contributed by atoms with Gasteiger partial charge in [0.1, 0.15) is 5.54 Å². The monoisotopic (exact) mass is 114 g/mol. The molecule has 1 fully saturated rings. The van der Waals surface area contributed by atoms with Crippen LogP contribution in [0.5, 0.6) is 0 Å². The highest BCUT2D eigenvalue weighted by molar-refractivity contribution is 4.85. The summed E-state index contributed by atoms with van der Waals surface area (Å²) < 4.78 is 0. The van der Waals surface area contributed by atoms with Crippen LogP contribution in [0.15, 0.2) is 0 Å².